The molecule has 1 saturated heterocycles. The number of H-pyrrole nitrogens is 1. The van der Waals surface area contributed by atoms with Crippen LogP contribution in [0, 0.1) is 5.82 Å². The Labute approximate surface area is 181 Å². The van der Waals surface area contributed by atoms with Gasteiger partial charge in [-0.3, -0.25) is 9.47 Å². The second kappa shape index (κ2) is 8.61. The Morgan fingerprint density at radius 3 is 2.71 bits per heavy atom. The van der Waals surface area contributed by atoms with Gasteiger partial charge in [0.2, 0.25) is 0 Å². The first-order valence-electron chi connectivity index (χ1n) is 10.9. The number of rotatable bonds is 6. The van der Waals surface area contributed by atoms with Gasteiger partial charge < -0.3 is 10.3 Å². The van der Waals surface area contributed by atoms with Crippen molar-refractivity contribution >= 4 is 10.9 Å². The van der Waals surface area contributed by atoms with Gasteiger partial charge in [0.15, 0.2) is 0 Å². The van der Waals surface area contributed by atoms with E-state index in [-0.39, 0.29) is 5.82 Å². The first-order chi connectivity index (χ1) is 15.2. The zero-order valence-corrected chi connectivity index (χ0v) is 17.6. The Morgan fingerprint density at radius 1 is 1.13 bits per heavy atom. The number of hydrogen-bond acceptors (Lipinski definition) is 4. The summed E-state index contributed by atoms with van der Waals surface area (Å²) < 4.78 is 15.3. The van der Waals surface area contributed by atoms with Crippen molar-refractivity contribution in [3.63, 3.8) is 0 Å². The van der Waals surface area contributed by atoms with Crippen LogP contribution >= 0.6 is 0 Å². The van der Waals surface area contributed by atoms with Gasteiger partial charge in [-0.2, -0.15) is 0 Å². The Kier molecular flexibility index (Phi) is 5.53. The summed E-state index contributed by atoms with van der Waals surface area (Å²) in [6.07, 6.45) is 6.65. The minimum Gasteiger partial charge on any atom is -0.361 e. The highest BCUT2D eigenvalue weighted by Crippen LogP contribution is 2.34. The number of benzene rings is 2. The van der Waals surface area contributed by atoms with Crippen molar-refractivity contribution in [1.29, 1.82) is 0 Å². The first-order valence-corrected chi connectivity index (χ1v) is 10.9. The molecule has 31 heavy (non-hydrogen) atoms. The van der Waals surface area contributed by atoms with Crippen LogP contribution in [0.25, 0.3) is 16.6 Å². The molecule has 1 aliphatic heterocycles. The summed E-state index contributed by atoms with van der Waals surface area (Å²) in [7, 11) is 0. The fourth-order valence-corrected chi connectivity index (χ4v) is 4.82. The van der Waals surface area contributed by atoms with Crippen LogP contribution in [-0.4, -0.2) is 50.3 Å². The number of aromatic amines is 1. The van der Waals surface area contributed by atoms with E-state index in [1.807, 2.05) is 16.7 Å². The number of hydrogen-bond donors (Lipinski definition) is 2. The van der Waals surface area contributed by atoms with Gasteiger partial charge in [-0.1, -0.05) is 19.1 Å². The van der Waals surface area contributed by atoms with Crippen molar-refractivity contribution < 1.29 is 4.39 Å². The van der Waals surface area contributed by atoms with Gasteiger partial charge in [-0.15, -0.1) is 10.2 Å². The molecule has 2 aromatic heterocycles. The summed E-state index contributed by atoms with van der Waals surface area (Å²) in [6, 6.07) is 13.7. The van der Waals surface area contributed by atoms with Crippen LogP contribution in [-0.2, 0) is 6.54 Å². The molecule has 0 amide bonds. The zero-order chi connectivity index (χ0) is 21.2. The van der Waals surface area contributed by atoms with E-state index in [0.717, 1.165) is 49.4 Å². The minimum absolute atomic E-state index is 0.185. The highest BCUT2D eigenvalue weighted by Gasteiger charge is 2.31. The molecule has 5 rings (SSSR count). The van der Waals surface area contributed by atoms with Crippen molar-refractivity contribution in [1.82, 2.24) is 30.0 Å². The summed E-state index contributed by atoms with van der Waals surface area (Å²) in [5, 5.41) is 12.7. The second-order valence-electron chi connectivity index (χ2n) is 8.23. The van der Waals surface area contributed by atoms with E-state index in [9.17, 15) is 4.39 Å². The molecule has 1 fully saturated rings. The normalized spacial score (nSPS) is 18.5. The lowest BCUT2D eigenvalue weighted by molar-refractivity contribution is 0.128. The summed E-state index contributed by atoms with van der Waals surface area (Å²) in [5.41, 5.74) is 4.68. The molecule has 2 N–H and O–H groups in total. The molecule has 6 nitrogen and oxygen atoms in total. The van der Waals surface area contributed by atoms with E-state index in [0.29, 0.717) is 12.0 Å². The monoisotopic (exact) mass is 418 g/mol. The molecule has 0 aliphatic carbocycles. The Balaban J connectivity index is 1.47. The summed E-state index contributed by atoms with van der Waals surface area (Å²) >= 11 is 0. The van der Waals surface area contributed by atoms with Gasteiger partial charge >= 0.3 is 0 Å². The number of nitrogens with zero attached hydrogens (tertiary/aromatic N) is 4. The lowest BCUT2D eigenvalue weighted by atomic mass is 9.86. The lowest BCUT2D eigenvalue weighted by Gasteiger charge is -2.40. The van der Waals surface area contributed by atoms with Crippen molar-refractivity contribution in [3.05, 3.63) is 78.3 Å². The summed E-state index contributed by atoms with van der Waals surface area (Å²) in [6.45, 7) is 5.99. The van der Waals surface area contributed by atoms with E-state index >= 15 is 0 Å². The van der Waals surface area contributed by atoms with Gasteiger partial charge in [0.1, 0.15) is 18.5 Å². The van der Waals surface area contributed by atoms with Crippen LogP contribution in [0.3, 0.4) is 0 Å². The molecule has 2 unspecified atom stereocenters. The maximum atomic E-state index is 13.4. The third-order valence-electron chi connectivity index (χ3n) is 6.42. The van der Waals surface area contributed by atoms with Crippen LogP contribution in [0.1, 0.15) is 30.4 Å². The van der Waals surface area contributed by atoms with Gasteiger partial charge in [-0.05, 0) is 47.9 Å². The largest absolute Gasteiger partial charge is 0.361 e. The predicted octanol–water partition coefficient (Wildman–Crippen LogP) is 3.86. The quantitative estimate of drug-likeness (QED) is 0.499. The van der Waals surface area contributed by atoms with Crippen LogP contribution in [0.2, 0.25) is 0 Å². The molecule has 0 saturated carbocycles. The van der Waals surface area contributed by atoms with Crippen molar-refractivity contribution in [3.8, 4) is 5.69 Å². The van der Waals surface area contributed by atoms with Crippen LogP contribution in [0.5, 0.6) is 0 Å². The Hall–Kier alpha value is -3.03. The van der Waals surface area contributed by atoms with Crippen molar-refractivity contribution in [2.75, 3.05) is 19.6 Å². The third-order valence-corrected chi connectivity index (χ3v) is 6.42. The number of nitrogens with one attached hydrogen (secondary N) is 2. The molecule has 0 bridgehead atoms. The number of fused-ring (bicyclic) bond motifs is 1. The first kappa shape index (κ1) is 19.9. The van der Waals surface area contributed by atoms with Gasteiger partial charge in [0.05, 0.1) is 0 Å². The molecule has 0 spiro atoms. The molecule has 3 heterocycles. The smallest absolute Gasteiger partial charge is 0.123 e. The van der Waals surface area contributed by atoms with E-state index < -0.39 is 0 Å². The zero-order valence-electron chi connectivity index (χ0n) is 17.6. The topological polar surface area (TPSA) is 61.8 Å². The molecule has 4 aromatic rings. The SMILES string of the molecule is CCC(c1c[nH]c2ccc(-n3cnnc3)cc12)C1CNCCN1Cc1ccc(F)cc1. The minimum atomic E-state index is -0.185. The number of aromatic nitrogens is 4. The second-order valence-corrected chi connectivity index (χ2v) is 8.23. The molecular weight excluding hydrogens is 391 g/mol. The van der Waals surface area contributed by atoms with Crippen molar-refractivity contribution in [2.24, 2.45) is 0 Å². The fraction of sp³-hybridized carbons (Fsp3) is 0.333. The molecule has 7 heteroatoms. The van der Waals surface area contributed by atoms with Crippen LogP contribution in [0.4, 0.5) is 4.39 Å². The average molecular weight is 419 g/mol. The number of piperazine rings is 1. The maximum absolute atomic E-state index is 13.4. The van der Waals surface area contributed by atoms with E-state index in [2.05, 4.69) is 56.7 Å². The van der Waals surface area contributed by atoms with Gasteiger partial charge in [0, 0.05) is 60.9 Å². The Morgan fingerprint density at radius 2 is 1.94 bits per heavy atom. The average Bonchev–Trinajstić information content (AvgIpc) is 3.47. The van der Waals surface area contributed by atoms with Gasteiger partial charge in [-0.25, -0.2) is 4.39 Å². The standard InChI is InChI=1S/C24H27FN6/c1-2-20(24-13-26-9-10-30(24)14-17-3-5-18(25)6-4-17)22-12-27-23-8-7-19(11-21(22)23)31-15-28-29-16-31/h3-8,11-12,15-16,20,24,26-27H,2,9-10,13-14H2,1H3. The highest BCUT2D eigenvalue weighted by molar-refractivity contribution is 5.85. The van der Waals surface area contributed by atoms with E-state index in [1.54, 1.807) is 24.8 Å². The predicted molar refractivity (Wildman–Crippen MR) is 120 cm³/mol. The lowest BCUT2D eigenvalue weighted by Crippen LogP contribution is -2.53. The molecule has 1 aliphatic rings. The molecule has 2 atom stereocenters. The molecular formula is C24H27FN6. The highest BCUT2D eigenvalue weighted by atomic mass is 19.1. The van der Waals surface area contributed by atoms with Crippen LogP contribution in [0.15, 0.2) is 61.3 Å². The molecule has 2 aromatic carbocycles. The third kappa shape index (κ3) is 3.98. The Bertz CT molecular complexity index is 1130. The van der Waals surface area contributed by atoms with E-state index in [4.69, 9.17) is 0 Å². The summed E-state index contributed by atoms with van der Waals surface area (Å²) in [4.78, 5) is 6.01. The van der Waals surface area contributed by atoms with E-state index in [1.165, 1.54) is 10.9 Å². The molecule has 160 valence electrons. The fourth-order valence-electron chi connectivity index (χ4n) is 4.82. The molecule has 0 radical (unpaired) electrons. The number of halogens is 1. The van der Waals surface area contributed by atoms with Crippen molar-refractivity contribution in [2.45, 2.75) is 31.8 Å². The van der Waals surface area contributed by atoms with Gasteiger partial charge in [0.25, 0.3) is 0 Å². The summed E-state index contributed by atoms with van der Waals surface area (Å²) in [5.74, 6) is 0.188. The maximum Gasteiger partial charge on any atom is 0.123 e. The van der Waals surface area contributed by atoms with Crippen LogP contribution < -0.4 is 5.32 Å².